The van der Waals surface area contributed by atoms with Gasteiger partial charge < -0.3 is 10.1 Å². The molecule has 3 aromatic carbocycles. The van der Waals surface area contributed by atoms with E-state index in [1.54, 1.807) is 36.1 Å². The minimum Gasteiger partial charge on any atom is -0.462 e. The van der Waals surface area contributed by atoms with Gasteiger partial charge in [-0.05, 0) is 48.9 Å². The summed E-state index contributed by atoms with van der Waals surface area (Å²) in [6.45, 7) is 2.41. The maximum absolute atomic E-state index is 13.1. The maximum atomic E-state index is 13.1. The second-order valence-corrected chi connectivity index (χ2v) is 8.96. The molecule has 0 saturated carbocycles. The number of carbonyl (C=O) groups excluding carboxylic acids is 3. The number of ether oxygens (including phenoxy) is 1. The Kier molecular flexibility index (Phi) is 7.95. The molecule has 2 amide bonds. The van der Waals surface area contributed by atoms with Crippen LogP contribution in [0.5, 0.6) is 0 Å². The molecule has 0 spiro atoms. The molecule has 7 nitrogen and oxygen atoms in total. The van der Waals surface area contributed by atoms with Crippen LogP contribution in [0.25, 0.3) is 0 Å². The number of esters is 1. The number of nitrogens with zero attached hydrogens (tertiary/aromatic N) is 2. The Labute approximate surface area is 208 Å². The van der Waals surface area contributed by atoms with Gasteiger partial charge in [0.15, 0.2) is 5.17 Å². The van der Waals surface area contributed by atoms with Gasteiger partial charge in [0, 0.05) is 12.1 Å². The molecule has 1 aliphatic rings. The number of para-hydroxylation sites is 1. The molecule has 1 atom stereocenters. The number of thioether (sulfide) groups is 1. The number of hydrogen-bond donors (Lipinski definition) is 1. The Bertz CT molecular complexity index is 1210. The Morgan fingerprint density at radius 1 is 1.00 bits per heavy atom. The fourth-order valence-electron chi connectivity index (χ4n) is 3.50. The highest BCUT2D eigenvalue weighted by molar-refractivity contribution is 8.15. The van der Waals surface area contributed by atoms with E-state index in [0.29, 0.717) is 35.3 Å². The Morgan fingerprint density at radius 2 is 1.66 bits per heavy atom. The largest absolute Gasteiger partial charge is 0.462 e. The number of rotatable bonds is 7. The molecular weight excluding hydrogens is 462 g/mol. The van der Waals surface area contributed by atoms with Crippen LogP contribution in [0.1, 0.15) is 29.3 Å². The number of carbonyl (C=O) groups is 3. The molecule has 1 N–H and O–H groups in total. The summed E-state index contributed by atoms with van der Waals surface area (Å²) in [4.78, 5) is 44.4. The monoisotopic (exact) mass is 487 g/mol. The summed E-state index contributed by atoms with van der Waals surface area (Å²) >= 11 is 1.27. The van der Waals surface area contributed by atoms with Crippen molar-refractivity contribution in [2.45, 2.75) is 25.1 Å². The van der Waals surface area contributed by atoms with Gasteiger partial charge in [0.05, 0.1) is 24.4 Å². The normalized spacial score (nSPS) is 16.7. The van der Waals surface area contributed by atoms with Crippen molar-refractivity contribution in [1.29, 1.82) is 0 Å². The fourth-order valence-corrected chi connectivity index (χ4v) is 4.60. The topological polar surface area (TPSA) is 88.1 Å². The van der Waals surface area contributed by atoms with E-state index in [9.17, 15) is 14.4 Å². The van der Waals surface area contributed by atoms with Gasteiger partial charge in [0.2, 0.25) is 11.8 Å². The molecule has 8 heteroatoms. The number of amides is 2. The van der Waals surface area contributed by atoms with Gasteiger partial charge in [0.25, 0.3) is 0 Å². The van der Waals surface area contributed by atoms with E-state index in [1.807, 2.05) is 60.7 Å². The zero-order valence-electron chi connectivity index (χ0n) is 19.2. The molecule has 1 aliphatic heterocycles. The minimum absolute atomic E-state index is 0.0536. The predicted octanol–water partition coefficient (Wildman–Crippen LogP) is 5.02. The first-order valence-electron chi connectivity index (χ1n) is 11.3. The van der Waals surface area contributed by atoms with E-state index in [-0.39, 0.29) is 18.2 Å². The van der Waals surface area contributed by atoms with Crippen LogP contribution in [0.4, 0.5) is 11.4 Å². The lowest BCUT2D eigenvalue weighted by molar-refractivity contribution is -0.129. The van der Waals surface area contributed by atoms with Gasteiger partial charge >= 0.3 is 5.97 Å². The number of amidine groups is 1. The smallest absolute Gasteiger partial charge is 0.338 e. The van der Waals surface area contributed by atoms with Crippen molar-refractivity contribution < 1.29 is 19.1 Å². The average Bonchev–Trinajstić information content (AvgIpc) is 2.87. The summed E-state index contributed by atoms with van der Waals surface area (Å²) in [5, 5.41) is 2.69. The van der Waals surface area contributed by atoms with Crippen LogP contribution in [0.2, 0.25) is 0 Å². The fraction of sp³-hybridized carbons (Fsp3) is 0.185. The van der Waals surface area contributed by atoms with Crippen LogP contribution in [0.15, 0.2) is 89.9 Å². The summed E-state index contributed by atoms with van der Waals surface area (Å²) < 4.78 is 4.98. The molecule has 0 bridgehead atoms. The molecule has 1 unspecified atom stereocenters. The lowest BCUT2D eigenvalue weighted by atomic mass is 10.2. The SMILES string of the molecule is CCOC(=O)c1ccc(NC(=O)C2CC(=O)N(Cc3ccccc3)C(=Nc3ccccc3)S2)cc1. The molecule has 0 aliphatic carbocycles. The third-order valence-corrected chi connectivity index (χ3v) is 6.45. The van der Waals surface area contributed by atoms with E-state index in [0.717, 1.165) is 5.56 Å². The second-order valence-electron chi connectivity index (χ2n) is 7.79. The third-order valence-electron chi connectivity index (χ3n) is 5.26. The standard InChI is InChI=1S/C27H25N3O4S/c1-2-34-26(33)20-13-15-22(16-14-20)28-25(32)23-17-24(31)30(18-19-9-5-3-6-10-19)27(35-23)29-21-11-7-4-8-12-21/h3-16,23H,2,17-18H2,1H3,(H,28,32). The Balaban J connectivity index is 1.51. The minimum atomic E-state index is -0.637. The van der Waals surface area contributed by atoms with Gasteiger partial charge in [-0.3, -0.25) is 14.5 Å². The molecule has 1 heterocycles. The zero-order valence-corrected chi connectivity index (χ0v) is 20.0. The number of nitrogens with one attached hydrogen (secondary N) is 1. The quantitative estimate of drug-likeness (QED) is 0.473. The molecule has 0 aromatic heterocycles. The van der Waals surface area contributed by atoms with Gasteiger partial charge in [0.1, 0.15) is 5.25 Å². The van der Waals surface area contributed by atoms with Crippen LogP contribution in [-0.4, -0.2) is 39.7 Å². The first-order valence-corrected chi connectivity index (χ1v) is 12.1. The highest BCUT2D eigenvalue weighted by Crippen LogP contribution is 2.31. The summed E-state index contributed by atoms with van der Waals surface area (Å²) in [6, 6.07) is 25.5. The first-order chi connectivity index (χ1) is 17.0. The van der Waals surface area contributed by atoms with Crippen LogP contribution >= 0.6 is 11.8 Å². The lowest BCUT2D eigenvalue weighted by Gasteiger charge is -2.32. The number of benzene rings is 3. The third kappa shape index (κ3) is 6.36. The number of hydrogen-bond acceptors (Lipinski definition) is 6. The van der Waals surface area contributed by atoms with Gasteiger partial charge in [-0.15, -0.1) is 0 Å². The van der Waals surface area contributed by atoms with Gasteiger partial charge in [-0.25, -0.2) is 9.79 Å². The summed E-state index contributed by atoms with van der Waals surface area (Å²) in [6.07, 6.45) is 0.0536. The summed E-state index contributed by atoms with van der Waals surface area (Å²) in [5.74, 6) is -0.883. The van der Waals surface area contributed by atoms with E-state index < -0.39 is 11.2 Å². The Hall–Kier alpha value is -3.91. The van der Waals surface area contributed by atoms with Gasteiger partial charge in [-0.2, -0.15) is 0 Å². The van der Waals surface area contributed by atoms with Crippen molar-refractivity contribution in [3.8, 4) is 0 Å². The molecule has 4 rings (SSSR count). The van der Waals surface area contributed by atoms with Crippen molar-refractivity contribution in [1.82, 2.24) is 4.90 Å². The second kappa shape index (κ2) is 11.5. The summed E-state index contributed by atoms with van der Waals surface area (Å²) in [5.41, 5.74) is 2.62. The lowest BCUT2D eigenvalue weighted by Crippen LogP contribution is -2.44. The summed E-state index contributed by atoms with van der Waals surface area (Å²) in [7, 11) is 0. The van der Waals surface area contributed by atoms with Gasteiger partial charge in [-0.1, -0.05) is 60.3 Å². The number of anilines is 1. The van der Waals surface area contributed by atoms with E-state index in [2.05, 4.69) is 10.3 Å². The van der Waals surface area contributed by atoms with Crippen molar-refractivity contribution in [3.05, 3.63) is 96.1 Å². The Morgan fingerprint density at radius 3 is 2.31 bits per heavy atom. The van der Waals surface area contributed by atoms with Crippen LogP contribution in [-0.2, 0) is 20.9 Å². The van der Waals surface area contributed by atoms with Crippen molar-refractivity contribution in [3.63, 3.8) is 0 Å². The predicted molar refractivity (Wildman–Crippen MR) is 138 cm³/mol. The molecule has 3 aromatic rings. The van der Waals surface area contributed by atoms with Crippen LogP contribution in [0.3, 0.4) is 0 Å². The average molecular weight is 488 g/mol. The van der Waals surface area contributed by atoms with Crippen LogP contribution < -0.4 is 5.32 Å². The van der Waals surface area contributed by atoms with Crippen molar-refractivity contribution in [2.75, 3.05) is 11.9 Å². The van der Waals surface area contributed by atoms with Crippen molar-refractivity contribution in [2.24, 2.45) is 4.99 Å². The molecule has 1 fully saturated rings. The van der Waals surface area contributed by atoms with E-state index in [4.69, 9.17) is 4.74 Å². The maximum Gasteiger partial charge on any atom is 0.338 e. The van der Waals surface area contributed by atoms with E-state index in [1.165, 1.54) is 11.8 Å². The molecule has 1 saturated heterocycles. The highest BCUT2D eigenvalue weighted by atomic mass is 32.2. The molecule has 35 heavy (non-hydrogen) atoms. The van der Waals surface area contributed by atoms with Crippen LogP contribution in [0, 0.1) is 0 Å². The zero-order chi connectivity index (χ0) is 24.6. The highest BCUT2D eigenvalue weighted by Gasteiger charge is 2.36. The molecule has 178 valence electrons. The molecular formula is C27H25N3O4S. The van der Waals surface area contributed by atoms with E-state index >= 15 is 0 Å². The number of aliphatic imine (C=N–C) groups is 1. The molecule has 0 radical (unpaired) electrons. The first kappa shape index (κ1) is 24.2. The van der Waals surface area contributed by atoms with Crippen molar-refractivity contribution >= 4 is 46.1 Å².